The number of carbonyl (C=O) groups is 2. The fourth-order valence-corrected chi connectivity index (χ4v) is 4.87. The highest BCUT2D eigenvalue weighted by molar-refractivity contribution is 6.00. The van der Waals surface area contributed by atoms with Gasteiger partial charge in [0, 0.05) is 49.7 Å². The second-order valence-corrected chi connectivity index (χ2v) is 8.96. The van der Waals surface area contributed by atoms with Crippen molar-refractivity contribution in [3.05, 3.63) is 47.7 Å². The van der Waals surface area contributed by atoms with Crippen LogP contribution in [0.3, 0.4) is 0 Å². The Morgan fingerprint density at radius 1 is 1.18 bits per heavy atom. The molecule has 4 heterocycles. The van der Waals surface area contributed by atoms with Crippen LogP contribution in [0.15, 0.2) is 30.9 Å². The highest BCUT2D eigenvalue weighted by Crippen LogP contribution is 2.48. The lowest BCUT2D eigenvalue weighted by Crippen LogP contribution is -2.67. The van der Waals surface area contributed by atoms with Crippen molar-refractivity contribution in [1.29, 1.82) is 0 Å². The summed E-state index contributed by atoms with van der Waals surface area (Å²) in [5, 5.41) is 9.40. The lowest BCUT2D eigenvalue weighted by atomic mass is 9.60. The minimum Gasteiger partial charge on any atom is -0.337 e. The molecule has 1 aliphatic carbocycles. The Labute approximate surface area is 186 Å². The number of nitrogens with one attached hydrogen (secondary N) is 2. The summed E-state index contributed by atoms with van der Waals surface area (Å²) in [7, 11) is 1.86. The number of aromatic nitrogens is 4. The van der Waals surface area contributed by atoms with Gasteiger partial charge in [0.1, 0.15) is 11.2 Å². The van der Waals surface area contributed by atoms with Crippen molar-refractivity contribution in [3.63, 3.8) is 0 Å². The number of anilines is 1. The van der Waals surface area contributed by atoms with E-state index in [2.05, 4.69) is 20.7 Å². The molecule has 12 heteroatoms. The summed E-state index contributed by atoms with van der Waals surface area (Å²) in [6, 6.07) is 0.199. The molecule has 1 saturated carbocycles. The highest BCUT2D eigenvalue weighted by atomic mass is 19.4. The molecule has 0 aromatic carbocycles. The molecule has 9 nitrogen and oxygen atoms in total. The lowest BCUT2D eigenvalue weighted by molar-refractivity contribution is -0.138. The number of hydrogen-bond acceptors (Lipinski definition) is 4. The molecular formula is C21H22F3N7O2. The number of pyridine rings is 1. The first-order chi connectivity index (χ1) is 15.5. The first kappa shape index (κ1) is 21.3. The summed E-state index contributed by atoms with van der Waals surface area (Å²) >= 11 is 0. The maximum Gasteiger partial charge on any atom is 0.418 e. The molecule has 5 rings (SSSR count). The standard InChI is InChI=1S/C21H22F3N7O2/c1-12-16(21(22,23)24)5-13(8-25-12)27-19(33)28-14-6-20(7-14)10-30(11-20)18(32)15-9-26-31-4-3-29(2)17(15)31/h3-5,8-9,14H,6-7,10-11H2,1-2H3,(H2,27,28,33). The second kappa shape index (κ2) is 7.22. The number of alkyl halides is 3. The van der Waals surface area contributed by atoms with E-state index in [1.165, 1.54) is 13.1 Å². The third-order valence-corrected chi connectivity index (χ3v) is 6.45. The topological polar surface area (TPSA) is 96.6 Å². The molecule has 1 saturated heterocycles. The molecule has 3 aromatic heterocycles. The predicted octanol–water partition coefficient (Wildman–Crippen LogP) is 2.82. The van der Waals surface area contributed by atoms with Crippen molar-refractivity contribution in [1.82, 2.24) is 29.4 Å². The molecule has 2 fully saturated rings. The second-order valence-electron chi connectivity index (χ2n) is 8.96. The Kier molecular flexibility index (Phi) is 4.66. The summed E-state index contributed by atoms with van der Waals surface area (Å²) < 4.78 is 42.6. The number of carbonyl (C=O) groups excluding carboxylic acids is 2. The SMILES string of the molecule is Cc1ncc(NC(=O)NC2CC3(C2)CN(C(=O)c2cnn4ccn(C)c24)C3)cc1C(F)(F)F. The van der Waals surface area contributed by atoms with Crippen LogP contribution in [-0.2, 0) is 13.2 Å². The Hall–Kier alpha value is -3.57. The van der Waals surface area contributed by atoms with Crippen LogP contribution < -0.4 is 10.6 Å². The third-order valence-electron chi connectivity index (χ3n) is 6.45. The molecule has 33 heavy (non-hydrogen) atoms. The van der Waals surface area contributed by atoms with E-state index in [1.54, 1.807) is 21.8 Å². The molecule has 3 aromatic rings. The number of aryl methyl sites for hydroxylation is 2. The molecule has 2 N–H and O–H groups in total. The Morgan fingerprint density at radius 3 is 2.61 bits per heavy atom. The predicted molar refractivity (Wildman–Crippen MR) is 112 cm³/mol. The van der Waals surface area contributed by atoms with Gasteiger partial charge in [0.15, 0.2) is 0 Å². The fraction of sp³-hybridized carbons (Fsp3) is 0.429. The first-order valence-electron chi connectivity index (χ1n) is 10.4. The monoisotopic (exact) mass is 461 g/mol. The molecule has 0 unspecified atom stereocenters. The number of imidazole rings is 1. The van der Waals surface area contributed by atoms with Crippen LogP contribution in [0.2, 0.25) is 0 Å². The fourth-order valence-electron chi connectivity index (χ4n) is 4.87. The van der Waals surface area contributed by atoms with Crippen molar-refractivity contribution in [2.24, 2.45) is 12.5 Å². The Morgan fingerprint density at radius 2 is 1.91 bits per heavy atom. The van der Waals surface area contributed by atoms with Crippen molar-refractivity contribution >= 4 is 23.3 Å². The van der Waals surface area contributed by atoms with Crippen LogP contribution >= 0.6 is 0 Å². The Bertz CT molecular complexity index is 1250. The zero-order valence-corrected chi connectivity index (χ0v) is 18.0. The molecule has 174 valence electrons. The van der Waals surface area contributed by atoms with E-state index in [9.17, 15) is 22.8 Å². The molecule has 0 radical (unpaired) electrons. The summed E-state index contributed by atoms with van der Waals surface area (Å²) in [4.78, 5) is 30.6. The lowest BCUT2D eigenvalue weighted by Gasteiger charge is -2.58. The largest absolute Gasteiger partial charge is 0.418 e. The molecular weight excluding hydrogens is 439 g/mol. The quantitative estimate of drug-likeness (QED) is 0.627. The number of halogens is 3. The summed E-state index contributed by atoms with van der Waals surface area (Å²) in [6.45, 7) is 2.47. The Balaban J connectivity index is 1.13. The normalized spacial score (nSPS) is 17.7. The average Bonchev–Trinajstić information content (AvgIpc) is 3.26. The van der Waals surface area contributed by atoms with Crippen LogP contribution in [-0.4, -0.2) is 55.1 Å². The van der Waals surface area contributed by atoms with Crippen LogP contribution in [0.1, 0.15) is 34.5 Å². The van der Waals surface area contributed by atoms with Crippen molar-refractivity contribution in [2.45, 2.75) is 32.0 Å². The number of amides is 3. The molecule has 2 aliphatic rings. The number of fused-ring (bicyclic) bond motifs is 1. The van der Waals surface area contributed by atoms with E-state index in [0.717, 1.165) is 11.7 Å². The van der Waals surface area contributed by atoms with Crippen molar-refractivity contribution < 1.29 is 22.8 Å². The molecule has 0 bridgehead atoms. The third kappa shape index (κ3) is 3.68. The maximum atomic E-state index is 13.0. The van der Waals surface area contributed by atoms with Gasteiger partial charge in [-0.1, -0.05) is 0 Å². The van der Waals surface area contributed by atoms with Gasteiger partial charge in [-0.25, -0.2) is 9.31 Å². The maximum absolute atomic E-state index is 13.0. The van der Waals surface area contributed by atoms with E-state index >= 15 is 0 Å². The summed E-state index contributed by atoms with van der Waals surface area (Å²) in [6.07, 6.45) is 3.26. The van der Waals surface area contributed by atoms with Crippen molar-refractivity contribution in [3.8, 4) is 0 Å². The van der Waals surface area contributed by atoms with E-state index in [0.29, 0.717) is 31.5 Å². The number of nitrogens with zero attached hydrogens (tertiary/aromatic N) is 5. The van der Waals surface area contributed by atoms with Crippen LogP contribution in [0, 0.1) is 12.3 Å². The number of likely N-dealkylation sites (tertiary alicyclic amines) is 1. The minimum absolute atomic E-state index is 0.0203. The summed E-state index contributed by atoms with van der Waals surface area (Å²) in [5.74, 6) is -0.0704. The average molecular weight is 461 g/mol. The molecule has 3 amide bonds. The van der Waals surface area contributed by atoms with Gasteiger partial charge in [-0.15, -0.1) is 0 Å². The van der Waals surface area contributed by atoms with Gasteiger partial charge in [-0.05, 0) is 25.8 Å². The van der Waals surface area contributed by atoms with Gasteiger partial charge in [-0.2, -0.15) is 18.3 Å². The molecule has 1 aliphatic heterocycles. The first-order valence-corrected chi connectivity index (χ1v) is 10.4. The van der Waals surface area contributed by atoms with Gasteiger partial charge < -0.3 is 20.1 Å². The molecule has 0 atom stereocenters. The zero-order chi connectivity index (χ0) is 23.5. The summed E-state index contributed by atoms with van der Waals surface area (Å²) in [5.41, 5.74) is 0.215. The van der Waals surface area contributed by atoms with E-state index in [4.69, 9.17) is 0 Å². The van der Waals surface area contributed by atoms with Gasteiger partial charge in [0.05, 0.1) is 23.6 Å². The van der Waals surface area contributed by atoms with E-state index < -0.39 is 17.8 Å². The highest BCUT2D eigenvalue weighted by Gasteiger charge is 2.54. The zero-order valence-electron chi connectivity index (χ0n) is 18.0. The van der Waals surface area contributed by atoms with Crippen LogP contribution in [0.25, 0.3) is 5.65 Å². The number of rotatable bonds is 3. The van der Waals surface area contributed by atoms with Gasteiger partial charge in [0.25, 0.3) is 5.91 Å². The van der Waals surface area contributed by atoms with Gasteiger partial charge >= 0.3 is 12.2 Å². The smallest absolute Gasteiger partial charge is 0.337 e. The van der Waals surface area contributed by atoms with Crippen LogP contribution in [0.5, 0.6) is 0 Å². The number of hydrogen-bond donors (Lipinski definition) is 2. The number of urea groups is 1. The molecule has 1 spiro atoms. The van der Waals surface area contributed by atoms with Gasteiger partial charge in [-0.3, -0.25) is 9.78 Å². The van der Waals surface area contributed by atoms with Crippen molar-refractivity contribution in [2.75, 3.05) is 18.4 Å². The van der Waals surface area contributed by atoms with E-state index in [-0.39, 0.29) is 28.7 Å². The van der Waals surface area contributed by atoms with Gasteiger partial charge in [0.2, 0.25) is 0 Å². The minimum atomic E-state index is -4.54. The van der Waals surface area contributed by atoms with E-state index in [1.807, 2.05) is 17.8 Å². The van der Waals surface area contributed by atoms with Crippen LogP contribution in [0.4, 0.5) is 23.7 Å².